The van der Waals surface area contributed by atoms with Crippen molar-refractivity contribution in [2.24, 2.45) is 56.7 Å². The highest BCUT2D eigenvalue weighted by atomic mass is 16.6. The number of Topliss-reactive ketones (excluding diaryl/α,β-unsaturated/α-hetero) is 1. The largest absolute Gasteiger partial charge is 0.462 e. The van der Waals surface area contributed by atoms with Crippen LogP contribution in [0.4, 0.5) is 0 Å². The lowest BCUT2D eigenvalue weighted by Gasteiger charge is -2.72. The Kier molecular flexibility index (Phi) is 8.24. The van der Waals surface area contributed by atoms with Gasteiger partial charge in [0.2, 0.25) is 0 Å². The fourth-order valence-corrected chi connectivity index (χ4v) is 13.9. The fraction of sp³-hybridized carbons (Fsp3) is 0.895. The number of aliphatic hydroxyl groups excluding tert-OH is 5. The van der Waals surface area contributed by atoms with E-state index in [1.54, 1.807) is 0 Å². The maximum absolute atomic E-state index is 14.0. The summed E-state index contributed by atoms with van der Waals surface area (Å²) in [6, 6.07) is 0. The van der Waals surface area contributed by atoms with Crippen LogP contribution in [0, 0.1) is 56.7 Å². The number of carbonyl (C=O) groups excluding carboxylic acids is 2. The van der Waals surface area contributed by atoms with Crippen molar-refractivity contribution in [3.05, 3.63) is 11.1 Å². The van der Waals surface area contributed by atoms with E-state index < -0.39 is 72.2 Å². The SMILES string of the molecule is CC(=O)OC1C[C@]2(C)[C@H]3CCC4=C5C(=O)C[C@@H]6C(C)COC(O)[C@@]56CC[C@@]4(C)[C@]3(C)CC[C@H]2C(C)(C)C1C1OC(CO)C(O)C(O)C1O. The van der Waals surface area contributed by atoms with Crippen LogP contribution in [0.5, 0.6) is 0 Å². The molecular weight excluding hydrogens is 616 g/mol. The average molecular weight is 675 g/mol. The predicted molar refractivity (Wildman–Crippen MR) is 174 cm³/mol. The smallest absolute Gasteiger partial charge is 0.302 e. The summed E-state index contributed by atoms with van der Waals surface area (Å²) in [4.78, 5) is 26.7. The van der Waals surface area contributed by atoms with Gasteiger partial charge in [-0.3, -0.25) is 9.59 Å². The molecule has 7 rings (SSSR count). The second kappa shape index (κ2) is 11.3. The summed E-state index contributed by atoms with van der Waals surface area (Å²) in [6.07, 6.45) is -1.85. The van der Waals surface area contributed by atoms with Gasteiger partial charge in [-0.05, 0) is 90.3 Å². The van der Waals surface area contributed by atoms with E-state index in [2.05, 4.69) is 41.5 Å². The number of ketones is 1. The van der Waals surface area contributed by atoms with Gasteiger partial charge in [-0.25, -0.2) is 0 Å². The Morgan fingerprint density at radius 1 is 0.958 bits per heavy atom. The van der Waals surface area contributed by atoms with Gasteiger partial charge in [-0.1, -0.05) is 47.1 Å². The molecule has 2 saturated heterocycles. The second-order valence-corrected chi connectivity index (χ2v) is 18.2. The van der Waals surface area contributed by atoms with Crippen LogP contribution in [0.15, 0.2) is 11.1 Å². The zero-order valence-electron chi connectivity index (χ0n) is 29.8. The zero-order valence-corrected chi connectivity index (χ0v) is 29.8. The van der Waals surface area contributed by atoms with Gasteiger partial charge in [0.25, 0.3) is 0 Å². The summed E-state index contributed by atoms with van der Waals surface area (Å²) in [5.74, 6) is -0.0172. The molecule has 5 aliphatic carbocycles. The number of rotatable bonds is 3. The molecule has 0 radical (unpaired) electrons. The van der Waals surface area contributed by atoms with Crippen molar-refractivity contribution in [3.8, 4) is 0 Å². The van der Waals surface area contributed by atoms with Crippen LogP contribution in [0.2, 0.25) is 0 Å². The molecule has 1 spiro atoms. The molecule has 48 heavy (non-hydrogen) atoms. The highest BCUT2D eigenvalue weighted by molar-refractivity contribution is 6.01. The molecule has 4 saturated carbocycles. The first-order valence-corrected chi connectivity index (χ1v) is 18.4. The highest BCUT2D eigenvalue weighted by Crippen LogP contribution is 2.77. The van der Waals surface area contributed by atoms with Crippen LogP contribution in [0.3, 0.4) is 0 Å². The fourth-order valence-electron chi connectivity index (χ4n) is 13.9. The summed E-state index contributed by atoms with van der Waals surface area (Å²) in [5, 5.41) is 54.1. The quantitative estimate of drug-likeness (QED) is 0.281. The Bertz CT molecular complexity index is 1370. The van der Waals surface area contributed by atoms with E-state index in [9.17, 15) is 35.1 Å². The van der Waals surface area contributed by atoms with Crippen LogP contribution >= 0.6 is 0 Å². The van der Waals surface area contributed by atoms with Gasteiger partial charge in [0, 0.05) is 24.8 Å². The molecule has 6 fully saturated rings. The number of ether oxygens (including phenoxy) is 3. The molecule has 0 aromatic heterocycles. The van der Waals surface area contributed by atoms with Gasteiger partial charge >= 0.3 is 5.97 Å². The van der Waals surface area contributed by atoms with Crippen LogP contribution in [-0.4, -0.2) is 93.4 Å². The van der Waals surface area contributed by atoms with Crippen molar-refractivity contribution in [3.63, 3.8) is 0 Å². The standard InChI is InChI=1S/C38H58O10/c1-18-17-46-33(45)38-13-12-36(6)20(27(38)22(41)14-21(18)38)8-9-26-35(5)15-23(47-19(2)40)28(34(3,4)25(35)10-11-37(26,36)7)32-31(44)30(43)29(42)24(16-39)48-32/h18,21,23-26,28-33,39,42-45H,8-17H2,1-7H3/t18?,21-,23?,24?,25+,26-,28?,29?,30?,31?,32?,33?,35+,36-,37-,38-/m1/s1. The van der Waals surface area contributed by atoms with E-state index in [4.69, 9.17) is 14.2 Å². The van der Waals surface area contributed by atoms with E-state index in [1.165, 1.54) is 12.5 Å². The number of hydrogen-bond donors (Lipinski definition) is 5. The molecule has 2 aliphatic heterocycles. The minimum Gasteiger partial charge on any atom is -0.462 e. The van der Waals surface area contributed by atoms with E-state index in [1.807, 2.05) is 0 Å². The zero-order chi connectivity index (χ0) is 34.9. The van der Waals surface area contributed by atoms with Gasteiger partial charge in [-0.2, -0.15) is 0 Å². The Balaban J connectivity index is 1.29. The summed E-state index contributed by atoms with van der Waals surface area (Å²) >= 11 is 0. The summed E-state index contributed by atoms with van der Waals surface area (Å²) in [6.45, 7) is 15.0. The third-order valence-electron chi connectivity index (χ3n) is 16.1. The van der Waals surface area contributed by atoms with Crippen molar-refractivity contribution in [1.29, 1.82) is 0 Å². The third kappa shape index (κ3) is 4.35. The molecule has 9 unspecified atom stereocenters. The molecule has 270 valence electrons. The Morgan fingerprint density at radius 2 is 1.67 bits per heavy atom. The molecule has 10 nitrogen and oxygen atoms in total. The second-order valence-electron chi connectivity index (χ2n) is 18.2. The summed E-state index contributed by atoms with van der Waals surface area (Å²) < 4.78 is 18.3. The molecule has 16 atom stereocenters. The predicted octanol–water partition coefficient (Wildman–Crippen LogP) is 3.30. The lowest BCUT2D eigenvalue weighted by molar-refractivity contribution is -0.289. The number of carbonyl (C=O) groups is 2. The normalized spacial score (nSPS) is 54.4. The van der Waals surface area contributed by atoms with E-state index >= 15 is 0 Å². The number of allylic oxidation sites excluding steroid dienone is 1. The molecule has 10 heteroatoms. The number of esters is 1. The first-order valence-electron chi connectivity index (χ1n) is 18.4. The third-order valence-corrected chi connectivity index (χ3v) is 16.1. The minimum atomic E-state index is -1.51. The van der Waals surface area contributed by atoms with Crippen LogP contribution < -0.4 is 0 Å². The van der Waals surface area contributed by atoms with Crippen molar-refractivity contribution >= 4 is 11.8 Å². The Labute approximate surface area is 284 Å². The monoisotopic (exact) mass is 674 g/mol. The van der Waals surface area contributed by atoms with Gasteiger partial charge in [-0.15, -0.1) is 0 Å². The van der Waals surface area contributed by atoms with Gasteiger partial charge in [0.15, 0.2) is 12.1 Å². The highest BCUT2D eigenvalue weighted by Gasteiger charge is 2.72. The summed E-state index contributed by atoms with van der Waals surface area (Å²) in [7, 11) is 0. The van der Waals surface area contributed by atoms with Gasteiger partial charge < -0.3 is 39.7 Å². The van der Waals surface area contributed by atoms with Crippen molar-refractivity contribution in [1.82, 2.24) is 0 Å². The maximum Gasteiger partial charge on any atom is 0.302 e. The van der Waals surface area contributed by atoms with Crippen LogP contribution in [0.1, 0.15) is 99.8 Å². The van der Waals surface area contributed by atoms with Crippen molar-refractivity contribution in [2.75, 3.05) is 13.2 Å². The molecule has 5 N–H and O–H groups in total. The van der Waals surface area contributed by atoms with Gasteiger partial charge in [0.1, 0.15) is 30.5 Å². The molecule has 7 aliphatic rings. The Morgan fingerprint density at radius 3 is 2.33 bits per heavy atom. The average Bonchev–Trinajstić information content (AvgIpc) is 3.33. The molecule has 2 heterocycles. The lowest BCUT2D eigenvalue weighted by atomic mass is 9.33. The van der Waals surface area contributed by atoms with Crippen molar-refractivity contribution < 1.29 is 49.3 Å². The van der Waals surface area contributed by atoms with E-state index in [0.717, 1.165) is 44.1 Å². The summed E-state index contributed by atoms with van der Waals surface area (Å²) in [5.41, 5.74) is 0.301. The molecule has 0 aromatic carbocycles. The molecule has 0 bridgehead atoms. The molecule has 0 aromatic rings. The van der Waals surface area contributed by atoms with Gasteiger partial charge in [0.05, 0.1) is 24.7 Å². The van der Waals surface area contributed by atoms with E-state index in [-0.39, 0.29) is 45.7 Å². The number of fused-ring (bicyclic) bond motifs is 5. The number of hydrogen-bond acceptors (Lipinski definition) is 10. The Hall–Kier alpha value is -1.40. The van der Waals surface area contributed by atoms with E-state index in [0.29, 0.717) is 19.4 Å². The van der Waals surface area contributed by atoms with Crippen molar-refractivity contribution in [2.45, 2.75) is 143 Å². The number of aliphatic hydroxyl groups is 5. The van der Waals surface area contributed by atoms with Crippen LogP contribution in [0.25, 0.3) is 0 Å². The topological polar surface area (TPSA) is 163 Å². The first kappa shape index (κ1) is 35.0. The molecular formula is C38H58O10. The minimum absolute atomic E-state index is 0.0996. The van der Waals surface area contributed by atoms with Crippen LogP contribution in [-0.2, 0) is 23.8 Å². The first-order chi connectivity index (χ1) is 22.4. The maximum atomic E-state index is 14.0. The lowest BCUT2D eigenvalue weighted by Crippen LogP contribution is -2.70. The molecule has 0 amide bonds.